The van der Waals surface area contributed by atoms with E-state index >= 15 is 0 Å². The third-order valence-corrected chi connectivity index (χ3v) is 11.7. The van der Waals surface area contributed by atoms with Crippen LogP contribution in [0.4, 0.5) is 0 Å². The molecule has 0 N–H and O–H groups in total. The first-order valence-corrected chi connectivity index (χ1v) is 14.9. The predicted molar refractivity (Wildman–Crippen MR) is 142 cm³/mol. The third kappa shape index (κ3) is 3.32. The van der Waals surface area contributed by atoms with E-state index in [1.165, 1.54) is 99.7 Å². The Morgan fingerprint density at radius 2 is 0.829 bits per heavy atom. The zero-order valence-corrected chi connectivity index (χ0v) is 21.8. The first-order chi connectivity index (χ1) is 17.0. The minimum Gasteiger partial charge on any atom is -0.457 e. The summed E-state index contributed by atoms with van der Waals surface area (Å²) in [5.41, 5.74) is 6.62. The standard InChI is InChI=1S/C34H42O/c1-21-3-5-31(29(7-21)33-15-23-9-24(16-33)11-25(10-23)17-33)35-32-6-4-22(2)8-30(32)34-18-26-12-27(19-34)14-28(13-26)20-34/h3-8,23-28H,9-20H2,1-2H3. The Morgan fingerprint density at radius 3 is 1.14 bits per heavy atom. The van der Waals surface area contributed by atoms with Crippen LogP contribution in [0.25, 0.3) is 0 Å². The number of hydrogen-bond acceptors (Lipinski definition) is 1. The summed E-state index contributed by atoms with van der Waals surface area (Å²) in [4.78, 5) is 0. The zero-order chi connectivity index (χ0) is 23.4. The molecule has 0 heterocycles. The molecule has 0 aromatic heterocycles. The van der Waals surface area contributed by atoms with Crippen LogP contribution in [-0.2, 0) is 10.8 Å². The van der Waals surface area contributed by atoms with Crippen LogP contribution < -0.4 is 4.74 Å². The Hall–Kier alpha value is -1.76. The quantitative estimate of drug-likeness (QED) is 0.437. The summed E-state index contributed by atoms with van der Waals surface area (Å²) in [6.45, 7) is 4.56. The molecule has 8 saturated carbocycles. The highest BCUT2D eigenvalue weighted by molar-refractivity contribution is 5.50. The Morgan fingerprint density at radius 1 is 0.514 bits per heavy atom. The van der Waals surface area contributed by atoms with Crippen LogP contribution in [0.2, 0.25) is 0 Å². The van der Waals surface area contributed by atoms with Gasteiger partial charge < -0.3 is 4.74 Å². The van der Waals surface area contributed by atoms with Crippen LogP contribution >= 0.6 is 0 Å². The number of ether oxygens (including phenoxy) is 1. The van der Waals surface area contributed by atoms with Gasteiger partial charge in [0.1, 0.15) is 11.5 Å². The number of benzene rings is 2. The lowest BCUT2D eigenvalue weighted by atomic mass is 9.48. The van der Waals surface area contributed by atoms with Crippen molar-refractivity contribution in [2.45, 2.75) is 102 Å². The largest absolute Gasteiger partial charge is 0.457 e. The molecule has 0 amide bonds. The molecule has 2 aromatic carbocycles. The van der Waals surface area contributed by atoms with Crippen LogP contribution in [0.1, 0.15) is 99.3 Å². The molecule has 1 heteroatoms. The summed E-state index contributed by atoms with van der Waals surface area (Å²) in [7, 11) is 0. The molecule has 0 saturated heterocycles. The van der Waals surface area contributed by atoms with E-state index in [0.717, 1.165) is 35.5 Å². The van der Waals surface area contributed by atoms with Crippen LogP contribution in [0, 0.1) is 49.4 Å². The summed E-state index contributed by atoms with van der Waals surface area (Å²) in [6.07, 6.45) is 17.4. The van der Waals surface area contributed by atoms with Crippen LogP contribution in [0.3, 0.4) is 0 Å². The molecule has 184 valence electrons. The molecule has 35 heavy (non-hydrogen) atoms. The normalized spacial score (nSPS) is 42.6. The molecule has 8 bridgehead atoms. The fourth-order valence-electron chi connectivity index (χ4n) is 11.3. The Balaban J connectivity index is 1.20. The molecule has 8 aliphatic rings. The molecule has 0 radical (unpaired) electrons. The van der Waals surface area contributed by atoms with Gasteiger partial charge in [-0.2, -0.15) is 0 Å². The number of rotatable bonds is 4. The monoisotopic (exact) mass is 466 g/mol. The van der Waals surface area contributed by atoms with Gasteiger partial charge in [0.2, 0.25) is 0 Å². The zero-order valence-electron chi connectivity index (χ0n) is 21.8. The summed E-state index contributed by atoms with van der Waals surface area (Å²) in [6, 6.07) is 14.3. The second kappa shape index (κ2) is 7.39. The molecule has 0 atom stereocenters. The van der Waals surface area contributed by atoms with E-state index in [2.05, 4.69) is 50.2 Å². The molecular weight excluding hydrogens is 424 g/mol. The van der Waals surface area contributed by atoms with Crippen molar-refractivity contribution in [3.8, 4) is 11.5 Å². The Labute approximate surface area is 212 Å². The maximum atomic E-state index is 7.13. The first kappa shape index (κ1) is 21.3. The van der Waals surface area contributed by atoms with E-state index in [1.54, 1.807) is 11.1 Å². The minimum atomic E-state index is 0.363. The SMILES string of the molecule is Cc1ccc(Oc2ccc(C)cc2C23CC4CC(CC(C4)C2)C3)c(C23CC4CC(CC(C4)C2)C3)c1. The molecule has 8 fully saturated rings. The molecule has 0 spiro atoms. The van der Waals surface area contributed by atoms with Gasteiger partial charge in [-0.25, -0.2) is 0 Å². The van der Waals surface area contributed by atoms with Gasteiger partial charge in [0, 0.05) is 11.1 Å². The maximum Gasteiger partial charge on any atom is 0.131 e. The number of aryl methyl sites for hydroxylation is 2. The molecule has 1 nitrogen and oxygen atoms in total. The predicted octanol–water partition coefficient (Wildman–Crippen LogP) is 9.03. The van der Waals surface area contributed by atoms with Gasteiger partial charge in [-0.1, -0.05) is 35.4 Å². The van der Waals surface area contributed by atoms with Crippen molar-refractivity contribution in [1.29, 1.82) is 0 Å². The Kier molecular flexibility index (Phi) is 4.51. The summed E-state index contributed by atoms with van der Waals surface area (Å²) in [5.74, 6) is 8.08. The first-order valence-electron chi connectivity index (χ1n) is 14.9. The fourth-order valence-corrected chi connectivity index (χ4v) is 11.3. The lowest BCUT2D eigenvalue weighted by Gasteiger charge is -2.57. The molecule has 10 rings (SSSR count). The van der Waals surface area contributed by atoms with E-state index < -0.39 is 0 Å². The van der Waals surface area contributed by atoms with Crippen LogP contribution in [0.15, 0.2) is 36.4 Å². The van der Waals surface area contributed by atoms with E-state index in [0.29, 0.717) is 10.8 Å². The highest BCUT2D eigenvalue weighted by atomic mass is 16.5. The molecule has 2 aromatic rings. The average molecular weight is 467 g/mol. The van der Waals surface area contributed by atoms with Crippen molar-refractivity contribution < 1.29 is 4.74 Å². The van der Waals surface area contributed by atoms with Crippen molar-refractivity contribution in [3.05, 3.63) is 58.7 Å². The molecule has 0 unspecified atom stereocenters. The summed E-state index contributed by atoms with van der Waals surface area (Å²) >= 11 is 0. The van der Waals surface area contributed by atoms with Crippen molar-refractivity contribution in [2.24, 2.45) is 35.5 Å². The second-order valence-electron chi connectivity index (χ2n) is 14.5. The van der Waals surface area contributed by atoms with Gasteiger partial charge in [0.05, 0.1) is 0 Å². The van der Waals surface area contributed by atoms with E-state index in [-0.39, 0.29) is 0 Å². The lowest BCUT2D eigenvalue weighted by molar-refractivity contribution is -0.00713. The van der Waals surface area contributed by atoms with Crippen LogP contribution in [0.5, 0.6) is 11.5 Å². The lowest BCUT2D eigenvalue weighted by Crippen LogP contribution is -2.49. The van der Waals surface area contributed by atoms with Crippen molar-refractivity contribution in [1.82, 2.24) is 0 Å². The maximum absolute atomic E-state index is 7.13. The molecule has 0 aliphatic heterocycles. The van der Waals surface area contributed by atoms with Gasteiger partial charge >= 0.3 is 0 Å². The fraction of sp³-hybridized carbons (Fsp3) is 0.647. The third-order valence-electron chi connectivity index (χ3n) is 11.7. The van der Waals surface area contributed by atoms with Gasteiger partial charge in [-0.15, -0.1) is 0 Å². The van der Waals surface area contributed by atoms with E-state index in [4.69, 9.17) is 4.74 Å². The van der Waals surface area contributed by atoms with Crippen LogP contribution in [-0.4, -0.2) is 0 Å². The van der Waals surface area contributed by atoms with Gasteiger partial charge in [-0.3, -0.25) is 0 Å². The number of hydrogen-bond donors (Lipinski definition) is 0. The summed E-state index contributed by atoms with van der Waals surface area (Å²) < 4.78 is 7.13. The van der Waals surface area contributed by atoms with E-state index in [1.807, 2.05) is 0 Å². The smallest absolute Gasteiger partial charge is 0.131 e. The van der Waals surface area contributed by atoms with Crippen molar-refractivity contribution in [3.63, 3.8) is 0 Å². The molecule has 8 aliphatic carbocycles. The average Bonchev–Trinajstić information content (AvgIpc) is 2.79. The van der Waals surface area contributed by atoms with Crippen molar-refractivity contribution >= 4 is 0 Å². The van der Waals surface area contributed by atoms with Gasteiger partial charge in [0.25, 0.3) is 0 Å². The molecular formula is C34H42O. The Bertz CT molecular complexity index is 1010. The topological polar surface area (TPSA) is 9.23 Å². The van der Waals surface area contributed by atoms with Gasteiger partial charge in [-0.05, 0) is 149 Å². The minimum absolute atomic E-state index is 0.363. The van der Waals surface area contributed by atoms with Crippen molar-refractivity contribution in [2.75, 3.05) is 0 Å². The van der Waals surface area contributed by atoms with Gasteiger partial charge in [0.15, 0.2) is 0 Å². The highest BCUT2D eigenvalue weighted by Crippen LogP contribution is 2.64. The van der Waals surface area contributed by atoms with E-state index in [9.17, 15) is 0 Å². The summed E-state index contributed by atoms with van der Waals surface area (Å²) in [5, 5.41) is 0. The highest BCUT2D eigenvalue weighted by Gasteiger charge is 2.54. The second-order valence-corrected chi connectivity index (χ2v) is 14.5.